The zero-order chi connectivity index (χ0) is 12.8. The Labute approximate surface area is 98.8 Å². The second-order valence-corrected chi connectivity index (χ2v) is 3.33. The van der Waals surface area contributed by atoms with Crippen molar-refractivity contribution >= 4 is 11.5 Å². The predicted molar refractivity (Wildman–Crippen MR) is 62.0 cm³/mol. The number of rotatable bonds is 6. The van der Waals surface area contributed by atoms with Crippen LogP contribution in [-0.2, 0) is 9.53 Å². The van der Waals surface area contributed by atoms with Gasteiger partial charge in [0.05, 0.1) is 6.61 Å². The molecule has 4 nitrogen and oxygen atoms in total. The van der Waals surface area contributed by atoms with Crippen LogP contribution in [0.25, 0.3) is 5.57 Å². The van der Waals surface area contributed by atoms with Gasteiger partial charge in [0.1, 0.15) is 6.61 Å². The van der Waals surface area contributed by atoms with E-state index in [0.717, 1.165) is 6.07 Å². The van der Waals surface area contributed by atoms with E-state index in [1.807, 2.05) is 0 Å². The van der Waals surface area contributed by atoms with Crippen LogP contribution in [0.4, 0.5) is 4.39 Å². The van der Waals surface area contributed by atoms with E-state index in [4.69, 9.17) is 15.2 Å². The lowest BCUT2D eigenvalue weighted by Crippen LogP contribution is -2.12. The molecule has 0 spiro atoms. The molecule has 1 amide bonds. The molecule has 0 radical (unpaired) electrons. The van der Waals surface area contributed by atoms with Crippen LogP contribution in [-0.4, -0.2) is 26.2 Å². The Bertz CT molecular complexity index is 432. The van der Waals surface area contributed by atoms with Gasteiger partial charge < -0.3 is 15.2 Å². The van der Waals surface area contributed by atoms with Crippen LogP contribution in [0.2, 0.25) is 0 Å². The molecular weight excluding hydrogens is 225 g/mol. The fourth-order valence-corrected chi connectivity index (χ4v) is 1.18. The van der Waals surface area contributed by atoms with Gasteiger partial charge in [0.2, 0.25) is 5.91 Å². The number of ether oxygens (including phenoxy) is 2. The summed E-state index contributed by atoms with van der Waals surface area (Å²) in [4.78, 5) is 10.9. The largest absolute Gasteiger partial charge is 0.488 e. The number of carbonyl (C=O) groups excluding carboxylic acids is 1. The van der Waals surface area contributed by atoms with Crippen molar-refractivity contribution in [2.75, 3.05) is 20.3 Å². The number of carbonyl (C=O) groups is 1. The van der Waals surface area contributed by atoms with Gasteiger partial charge in [0, 0.05) is 12.7 Å². The van der Waals surface area contributed by atoms with E-state index >= 15 is 0 Å². The van der Waals surface area contributed by atoms with Crippen molar-refractivity contribution in [3.8, 4) is 5.75 Å². The maximum absolute atomic E-state index is 13.5. The number of amides is 1. The Morgan fingerprint density at radius 1 is 1.47 bits per heavy atom. The zero-order valence-electron chi connectivity index (χ0n) is 9.53. The summed E-state index contributed by atoms with van der Waals surface area (Å²) in [5, 5.41) is 0. The maximum Gasteiger partial charge on any atom is 0.248 e. The van der Waals surface area contributed by atoms with E-state index in [1.54, 1.807) is 0 Å². The minimum Gasteiger partial charge on any atom is -0.488 e. The SMILES string of the molecule is C=C(C(N)=O)c1ccc(OCCOC)c(F)c1. The third-order valence-electron chi connectivity index (χ3n) is 2.12. The summed E-state index contributed by atoms with van der Waals surface area (Å²) in [5.74, 6) is -1.15. The first kappa shape index (κ1) is 13.2. The van der Waals surface area contributed by atoms with Gasteiger partial charge in [-0.1, -0.05) is 12.6 Å². The van der Waals surface area contributed by atoms with E-state index in [9.17, 15) is 9.18 Å². The van der Waals surface area contributed by atoms with Gasteiger partial charge in [-0.05, 0) is 17.7 Å². The van der Waals surface area contributed by atoms with Crippen molar-refractivity contribution in [1.82, 2.24) is 0 Å². The second-order valence-electron chi connectivity index (χ2n) is 3.33. The van der Waals surface area contributed by atoms with Gasteiger partial charge >= 0.3 is 0 Å². The lowest BCUT2D eigenvalue weighted by atomic mass is 10.1. The van der Waals surface area contributed by atoms with E-state index in [0.29, 0.717) is 12.2 Å². The highest BCUT2D eigenvalue weighted by Crippen LogP contribution is 2.21. The average Bonchev–Trinajstić information content (AvgIpc) is 2.30. The molecule has 0 bridgehead atoms. The summed E-state index contributed by atoms with van der Waals surface area (Å²) in [6, 6.07) is 4.11. The highest BCUT2D eigenvalue weighted by atomic mass is 19.1. The molecule has 0 aliphatic heterocycles. The topological polar surface area (TPSA) is 61.6 Å². The first-order chi connectivity index (χ1) is 8.06. The first-order valence-corrected chi connectivity index (χ1v) is 4.96. The third kappa shape index (κ3) is 3.57. The van der Waals surface area contributed by atoms with Crippen molar-refractivity contribution < 1.29 is 18.7 Å². The van der Waals surface area contributed by atoms with Crippen LogP contribution in [0.1, 0.15) is 5.56 Å². The highest BCUT2D eigenvalue weighted by Gasteiger charge is 2.09. The van der Waals surface area contributed by atoms with Gasteiger partial charge in [-0.2, -0.15) is 0 Å². The molecule has 1 rings (SSSR count). The zero-order valence-corrected chi connectivity index (χ0v) is 9.53. The fraction of sp³-hybridized carbons (Fsp3) is 0.250. The molecule has 0 aromatic heterocycles. The Balaban J connectivity index is 2.79. The van der Waals surface area contributed by atoms with Crippen molar-refractivity contribution in [2.45, 2.75) is 0 Å². The number of benzene rings is 1. The van der Waals surface area contributed by atoms with Gasteiger partial charge in [0.25, 0.3) is 0 Å². The monoisotopic (exact) mass is 239 g/mol. The van der Waals surface area contributed by atoms with Crippen molar-refractivity contribution in [2.24, 2.45) is 5.73 Å². The number of nitrogens with two attached hydrogens (primary N) is 1. The summed E-state index contributed by atoms with van der Waals surface area (Å²) in [6.07, 6.45) is 0. The number of hydrogen-bond acceptors (Lipinski definition) is 3. The van der Waals surface area contributed by atoms with Crippen molar-refractivity contribution in [3.05, 3.63) is 36.2 Å². The van der Waals surface area contributed by atoms with Gasteiger partial charge in [0.15, 0.2) is 11.6 Å². The van der Waals surface area contributed by atoms with E-state index in [1.165, 1.54) is 19.2 Å². The Hall–Kier alpha value is -1.88. The van der Waals surface area contributed by atoms with E-state index in [2.05, 4.69) is 6.58 Å². The highest BCUT2D eigenvalue weighted by molar-refractivity contribution is 6.17. The summed E-state index contributed by atoms with van der Waals surface area (Å²) in [7, 11) is 1.53. The molecule has 92 valence electrons. The summed E-state index contributed by atoms with van der Waals surface area (Å²) in [5.41, 5.74) is 5.45. The van der Waals surface area contributed by atoms with Crippen LogP contribution in [0, 0.1) is 5.82 Å². The van der Waals surface area contributed by atoms with E-state index in [-0.39, 0.29) is 17.9 Å². The molecule has 0 saturated carbocycles. The number of halogens is 1. The molecule has 0 aliphatic carbocycles. The molecular formula is C12H14FNO3. The fourth-order valence-electron chi connectivity index (χ4n) is 1.18. The number of methoxy groups -OCH3 is 1. The molecule has 5 heteroatoms. The minimum atomic E-state index is -0.683. The minimum absolute atomic E-state index is 0.0624. The Morgan fingerprint density at radius 3 is 2.71 bits per heavy atom. The molecule has 0 unspecified atom stereocenters. The Kier molecular flexibility index (Phi) is 4.66. The predicted octanol–water partition coefficient (Wildman–Crippen LogP) is 1.35. The van der Waals surface area contributed by atoms with Gasteiger partial charge in [-0.25, -0.2) is 4.39 Å². The maximum atomic E-state index is 13.5. The van der Waals surface area contributed by atoms with Gasteiger partial charge in [-0.3, -0.25) is 4.79 Å². The molecule has 17 heavy (non-hydrogen) atoms. The molecule has 2 N–H and O–H groups in total. The quantitative estimate of drug-likeness (QED) is 0.602. The molecule has 0 fully saturated rings. The lowest BCUT2D eigenvalue weighted by molar-refractivity contribution is -0.112. The number of primary amides is 1. The van der Waals surface area contributed by atoms with Gasteiger partial charge in [-0.15, -0.1) is 0 Å². The summed E-state index contributed by atoms with van der Waals surface area (Å²) >= 11 is 0. The Morgan fingerprint density at radius 2 is 2.18 bits per heavy atom. The standard InChI is InChI=1S/C12H14FNO3/c1-8(12(14)15)9-3-4-11(10(13)7-9)17-6-5-16-2/h3-4,7H,1,5-6H2,2H3,(H2,14,15). The normalized spacial score (nSPS) is 10.0. The molecule has 0 saturated heterocycles. The van der Waals surface area contributed by atoms with Crippen LogP contribution in [0.3, 0.4) is 0 Å². The van der Waals surface area contributed by atoms with Crippen LogP contribution < -0.4 is 10.5 Å². The molecule has 1 aromatic rings. The number of hydrogen-bond donors (Lipinski definition) is 1. The lowest BCUT2D eigenvalue weighted by Gasteiger charge is -2.08. The summed E-state index contributed by atoms with van der Waals surface area (Å²) < 4.78 is 23.4. The van der Waals surface area contributed by atoms with E-state index < -0.39 is 11.7 Å². The molecule has 1 aromatic carbocycles. The molecule has 0 atom stereocenters. The average molecular weight is 239 g/mol. The second kappa shape index (κ2) is 6.00. The third-order valence-corrected chi connectivity index (χ3v) is 2.12. The van der Waals surface area contributed by atoms with Crippen LogP contribution >= 0.6 is 0 Å². The van der Waals surface area contributed by atoms with Crippen molar-refractivity contribution in [1.29, 1.82) is 0 Å². The molecule has 0 aliphatic rings. The molecule has 0 heterocycles. The first-order valence-electron chi connectivity index (χ1n) is 4.96. The van der Waals surface area contributed by atoms with Crippen LogP contribution in [0.5, 0.6) is 5.75 Å². The summed E-state index contributed by atoms with van der Waals surface area (Å²) in [6.45, 7) is 4.09. The van der Waals surface area contributed by atoms with Crippen LogP contribution in [0.15, 0.2) is 24.8 Å². The van der Waals surface area contributed by atoms with Crippen molar-refractivity contribution in [3.63, 3.8) is 0 Å². The smallest absolute Gasteiger partial charge is 0.248 e.